The first-order valence-electron chi connectivity index (χ1n) is 9.08. The quantitative estimate of drug-likeness (QED) is 0.727. The highest BCUT2D eigenvalue weighted by Crippen LogP contribution is 2.26. The molecule has 9 heteroatoms. The maximum absolute atomic E-state index is 13.0. The first-order valence-corrected chi connectivity index (χ1v) is 9.08. The minimum absolute atomic E-state index is 0.0488. The molecular formula is C21H19FN2O6. The normalized spacial score (nSPS) is 15.6. The van der Waals surface area contributed by atoms with E-state index >= 15 is 0 Å². The van der Waals surface area contributed by atoms with E-state index in [2.05, 4.69) is 10.1 Å². The molecular weight excluding hydrogens is 395 g/mol. The first-order chi connectivity index (χ1) is 14.4. The van der Waals surface area contributed by atoms with Gasteiger partial charge in [-0.05, 0) is 48.5 Å². The van der Waals surface area contributed by atoms with E-state index in [1.54, 1.807) is 0 Å². The largest absolute Gasteiger partial charge is 0.465 e. The zero-order valence-electron chi connectivity index (χ0n) is 16.1. The zero-order valence-corrected chi connectivity index (χ0v) is 16.1. The highest BCUT2D eigenvalue weighted by molar-refractivity contribution is 6.00. The zero-order chi connectivity index (χ0) is 21.7. The van der Waals surface area contributed by atoms with Crippen LogP contribution in [0.4, 0.5) is 15.8 Å². The molecule has 1 N–H and O–H groups in total. The number of benzene rings is 2. The lowest BCUT2D eigenvalue weighted by Crippen LogP contribution is -2.28. The van der Waals surface area contributed by atoms with Gasteiger partial charge in [0, 0.05) is 24.3 Å². The van der Waals surface area contributed by atoms with Crippen molar-refractivity contribution in [2.45, 2.75) is 6.42 Å². The molecule has 1 saturated heterocycles. The van der Waals surface area contributed by atoms with E-state index in [4.69, 9.17) is 4.74 Å². The standard InChI is InChI=1S/C21H19FN2O6/c1-29-20(27)13-2-6-16(7-3-13)23-18(25)12-30-21(28)14-10-19(26)24(11-14)17-8-4-15(22)5-9-17/h2-9,14H,10-12H2,1H3,(H,23,25)/t14-/m1/s1. The number of esters is 2. The number of nitrogens with one attached hydrogen (secondary N) is 1. The van der Waals surface area contributed by atoms with Gasteiger partial charge in [-0.25, -0.2) is 9.18 Å². The maximum Gasteiger partial charge on any atom is 0.337 e. The third kappa shape index (κ3) is 4.99. The second-order valence-electron chi connectivity index (χ2n) is 6.61. The molecule has 0 spiro atoms. The summed E-state index contributed by atoms with van der Waals surface area (Å²) in [6.07, 6.45) is -0.0488. The summed E-state index contributed by atoms with van der Waals surface area (Å²) in [5, 5.41) is 2.54. The first kappa shape index (κ1) is 21.0. The molecule has 2 aromatic rings. The van der Waals surface area contributed by atoms with Gasteiger partial charge in [-0.2, -0.15) is 0 Å². The highest BCUT2D eigenvalue weighted by atomic mass is 19.1. The Morgan fingerprint density at radius 1 is 1.10 bits per heavy atom. The summed E-state index contributed by atoms with van der Waals surface area (Å²) in [6, 6.07) is 11.4. The summed E-state index contributed by atoms with van der Waals surface area (Å²) in [6.45, 7) is -0.418. The van der Waals surface area contributed by atoms with Crippen LogP contribution in [0.2, 0.25) is 0 Å². The Bertz CT molecular complexity index is 958. The number of carbonyl (C=O) groups is 4. The molecule has 1 fully saturated rings. The topological polar surface area (TPSA) is 102 Å². The monoisotopic (exact) mass is 414 g/mol. The summed E-state index contributed by atoms with van der Waals surface area (Å²) < 4.78 is 22.7. The highest BCUT2D eigenvalue weighted by Gasteiger charge is 2.36. The Balaban J connectivity index is 1.49. The minimum atomic E-state index is -0.713. The summed E-state index contributed by atoms with van der Waals surface area (Å²) >= 11 is 0. The number of amides is 2. The van der Waals surface area contributed by atoms with Crippen molar-refractivity contribution in [3.05, 3.63) is 59.9 Å². The molecule has 1 aliphatic heterocycles. The number of anilines is 2. The van der Waals surface area contributed by atoms with Gasteiger partial charge in [-0.1, -0.05) is 0 Å². The Hall–Kier alpha value is -3.75. The fraction of sp³-hybridized carbons (Fsp3) is 0.238. The van der Waals surface area contributed by atoms with Crippen LogP contribution in [-0.2, 0) is 23.9 Å². The van der Waals surface area contributed by atoms with E-state index in [-0.39, 0.29) is 18.9 Å². The average Bonchev–Trinajstić information content (AvgIpc) is 3.14. The summed E-state index contributed by atoms with van der Waals surface area (Å²) in [5.74, 6) is -3.14. The van der Waals surface area contributed by atoms with E-state index in [1.807, 2.05) is 0 Å². The number of ether oxygens (including phenoxy) is 2. The van der Waals surface area contributed by atoms with Crippen LogP contribution in [0.15, 0.2) is 48.5 Å². The van der Waals surface area contributed by atoms with Crippen LogP contribution in [0.1, 0.15) is 16.8 Å². The lowest BCUT2D eigenvalue weighted by atomic mass is 10.1. The second kappa shape index (κ2) is 9.17. The van der Waals surface area contributed by atoms with Gasteiger partial charge < -0.3 is 19.7 Å². The fourth-order valence-corrected chi connectivity index (χ4v) is 3.00. The van der Waals surface area contributed by atoms with Gasteiger partial charge in [-0.3, -0.25) is 14.4 Å². The lowest BCUT2D eigenvalue weighted by molar-refractivity contribution is -0.151. The van der Waals surface area contributed by atoms with E-state index in [0.29, 0.717) is 16.9 Å². The Kier molecular flexibility index (Phi) is 6.41. The van der Waals surface area contributed by atoms with Crippen molar-refractivity contribution in [2.24, 2.45) is 5.92 Å². The van der Waals surface area contributed by atoms with Crippen molar-refractivity contribution in [3.63, 3.8) is 0 Å². The second-order valence-corrected chi connectivity index (χ2v) is 6.61. The molecule has 0 bridgehead atoms. The molecule has 0 aromatic heterocycles. The number of methoxy groups -OCH3 is 1. The SMILES string of the molecule is COC(=O)c1ccc(NC(=O)COC(=O)[C@@H]2CC(=O)N(c3ccc(F)cc3)C2)cc1. The van der Waals surface area contributed by atoms with Crippen LogP contribution >= 0.6 is 0 Å². The van der Waals surface area contributed by atoms with Crippen molar-refractivity contribution >= 4 is 35.1 Å². The predicted octanol–water partition coefficient (Wildman–Crippen LogP) is 2.15. The fourth-order valence-electron chi connectivity index (χ4n) is 3.00. The van der Waals surface area contributed by atoms with E-state index < -0.39 is 36.2 Å². The molecule has 8 nitrogen and oxygen atoms in total. The van der Waals surface area contributed by atoms with Gasteiger partial charge in [0.05, 0.1) is 18.6 Å². The molecule has 1 atom stereocenters. The molecule has 2 aromatic carbocycles. The van der Waals surface area contributed by atoms with Crippen LogP contribution in [0, 0.1) is 11.7 Å². The maximum atomic E-state index is 13.0. The molecule has 2 amide bonds. The van der Waals surface area contributed by atoms with Gasteiger partial charge in [0.15, 0.2) is 6.61 Å². The predicted molar refractivity (Wildman–Crippen MR) is 104 cm³/mol. The molecule has 30 heavy (non-hydrogen) atoms. The number of halogens is 1. The molecule has 3 rings (SSSR count). The molecule has 0 saturated carbocycles. The summed E-state index contributed by atoms with van der Waals surface area (Å²) in [4.78, 5) is 49.2. The van der Waals surface area contributed by atoms with Crippen molar-refractivity contribution in [1.29, 1.82) is 0 Å². The molecule has 1 heterocycles. The van der Waals surface area contributed by atoms with Gasteiger partial charge in [0.1, 0.15) is 5.82 Å². The number of hydrogen-bond donors (Lipinski definition) is 1. The lowest BCUT2D eigenvalue weighted by Gasteiger charge is -2.16. The van der Waals surface area contributed by atoms with Crippen LogP contribution < -0.4 is 10.2 Å². The van der Waals surface area contributed by atoms with Gasteiger partial charge in [0.2, 0.25) is 5.91 Å². The van der Waals surface area contributed by atoms with Crippen molar-refractivity contribution in [1.82, 2.24) is 0 Å². The molecule has 0 aliphatic carbocycles. The molecule has 1 aliphatic rings. The Morgan fingerprint density at radius 2 is 1.77 bits per heavy atom. The summed E-state index contributed by atoms with van der Waals surface area (Å²) in [5.41, 5.74) is 1.24. The average molecular weight is 414 g/mol. The van der Waals surface area contributed by atoms with Gasteiger partial charge >= 0.3 is 11.9 Å². The van der Waals surface area contributed by atoms with Crippen molar-refractivity contribution in [2.75, 3.05) is 30.5 Å². The van der Waals surface area contributed by atoms with E-state index in [0.717, 1.165) is 0 Å². The summed E-state index contributed by atoms with van der Waals surface area (Å²) in [7, 11) is 1.27. The van der Waals surface area contributed by atoms with E-state index in [9.17, 15) is 23.6 Å². The third-order valence-corrected chi connectivity index (χ3v) is 4.53. The van der Waals surface area contributed by atoms with E-state index in [1.165, 1.54) is 60.5 Å². The molecule has 156 valence electrons. The third-order valence-electron chi connectivity index (χ3n) is 4.53. The smallest absolute Gasteiger partial charge is 0.337 e. The Morgan fingerprint density at radius 3 is 2.40 bits per heavy atom. The van der Waals surface area contributed by atoms with Crippen LogP contribution in [0.5, 0.6) is 0 Å². The van der Waals surface area contributed by atoms with Crippen molar-refractivity contribution in [3.8, 4) is 0 Å². The number of rotatable bonds is 6. The number of hydrogen-bond acceptors (Lipinski definition) is 6. The van der Waals surface area contributed by atoms with Crippen LogP contribution in [0.3, 0.4) is 0 Å². The number of nitrogens with zero attached hydrogens (tertiary/aromatic N) is 1. The number of carbonyl (C=O) groups excluding carboxylic acids is 4. The van der Waals surface area contributed by atoms with Crippen LogP contribution in [0.25, 0.3) is 0 Å². The van der Waals surface area contributed by atoms with Gasteiger partial charge in [0.25, 0.3) is 5.91 Å². The molecule has 0 unspecified atom stereocenters. The molecule has 0 radical (unpaired) electrons. The van der Waals surface area contributed by atoms with Crippen molar-refractivity contribution < 1.29 is 33.0 Å². The Labute approximate surface area is 171 Å². The van der Waals surface area contributed by atoms with Crippen LogP contribution in [-0.4, -0.2) is 44.0 Å². The van der Waals surface area contributed by atoms with Gasteiger partial charge in [-0.15, -0.1) is 0 Å². The minimum Gasteiger partial charge on any atom is -0.465 e.